The van der Waals surface area contributed by atoms with Gasteiger partial charge in [0.2, 0.25) is 13.5 Å². The van der Waals surface area contributed by atoms with Crippen LogP contribution in [0.1, 0.15) is 12.5 Å². The van der Waals surface area contributed by atoms with Gasteiger partial charge in [-0.2, -0.15) is 4.98 Å². The molecule has 2 radical (unpaired) electrons. The number of fused-ring (bicyclic) bond motifs is 4. The van der Waals surface area contributed by atoms with Gasteiger partial charge in [0.05, 0.1) is 25.9 Å². The number of hydrogen-bond acceptors (Lipinski definition) is 17. The summed E-state index contributed by atoms with van der Waals surface area (Å²) in [7, 11) is 1.18. The largest absolute Gasteiger partial charge is 0.780 e. The third-order valence-electron chi connectivity index (χ3n) is 7.25. The molecule has 0 spiro atoms. The van der Waals surface area contributed by atoms with E-state index >= 15 is 8.78 Å². The van der Waals surface area contributed by atoms with E-state index in [4.69, 9.17) is 58.4 Å². The Morgan fingerprint density at radius 2 is 1.56 bits per heavy atom. The van der Waals surface area contributed by atoms with Crippen LogP contribution >= 0.6 is 14.2 Å². The average molecular weight is 687 g/mol. The molecule has 3 aliphatic heterocycles. The third kappa shape index (κ3) is 5.45. The number of anilines is 2. The monoisotopic (exact) mass is 687 g/mol. The summed E-state index contributed by atoms with van der Waals surface area (Å²) in [5.41, 5.74) is 10.7. The number of halogens is 2. The minimum Gasteiger partial charge on any atom is -0.780 e. The van der Waals surface area contributed by atoms with Crippen molar-refractivity contribution in [3.63, 3.8) is 0 Å². The highest BCUT2D eigenvalue weighted by atomic mass is 32.5. The fourth-order valence-corrected chi connectivity index (χ4v) is 7.69. The van der Waals surface area contributed by atoms with Crippen LogP contribution in [0.15, 0.2) is 23.8 Å². The first-order valence-corrected chi connectivity index (χ1v) is 17.1. The first-order valence-electron chi connectivity index (χ1n) is 12.9. The number of hydrogen-bond donors (Lipinski definition) is 3. The lowest BCUT2D eigenvalue weighted by Gasteiger charge is -2.35. The molecule has 0 bridgehead atoms. The Kier molecular flexibility index (Phi) is 7.55. The van der Waals surface area contributed by atoms with Gasteiger partial charge in [-0.1, -0.05) is 11.8 Å². The highest BCUT2D eigenvalue weighted by Gasteiger charge is 2.53. The van der Waals surface area contributed by atoms with Crippen molar-refractivity contribution >= 4 is 67.7 Å². The summed E-state index contributed by atoms with van der Waals surface area (Å²) in [6.45, 7) is -6.06. The topological polar surface area (TPSA) is 255 Å². The molecule has 3 aliphatic rings. The molecule has 45 heavy (non-hydrogen) atoms. The fraction of sp³-hybridized carbons (Fsp3) is 0.500. The zero-order valence-corrected chi connectivity index (χ0v) is 25.0. The van der Waals surface area contributed by atoms with Crippen LogP contribution in [0, 0.1) is 0 Å². The Labute approximate surface area is 255 Å². The molecule has 4 aromatic rings. The molecule has 0 amide bonds. The molecule has 4 aromatic heterocycles. The molecule has 10 atom stereocenters. The molecule has 7 heterocycles. The van der Waals surface area contributed by atoms with Crippen molar-refractivity contribution in [2.24, 2.45) is 0 Å². The SMILES string of the molecule is [B]P1(=O)OC[C@H]2O[C@@H](n3cnc4c(=O)[nH]c(N)nc43)C(F)[C@H]2OP([O-])(=S)OC[C@H]2O[C@@H](n3cnc4c(N)ncnc43)[C@@H](F)C2O1. The van der Waals surface area contributed by atoms with E-state index in [-0.39, 0.29) is 34.1 Å². The van der Waals surface area contributed by atoms with Gasteiger partial charge in [0, 0.05) is 0 Å². The van der Waals surface area contributed by atoms with Crippen molar-refractivity contribution in [2.75, 3.05) is 24.7 Å². The van der Waals surface area contributed by atoms with Gasteiger partial charge in [-0.25, -0.2) is 28.7 Å². The van der Waals surface area contributed by atoms with Crippen molar-refractivity contribution in [1.29, 1.82) is 0 Å². The van der Waals surface area contributed by atoms with Gasteiger partial charge in [-0.3, -0.25) is 23.5 Å². The molecule has 4 unspecified atom stereocenters. The highest BCUT2D eigenvalue weighted by Crippen LogP contribution is 2.53. The van der Waals surface area contributed by atoms with Gasteiger partial charge in [0.1, 0.15) is 43.0 Å². The van der Waals surface area contributed by atoms with Crippen molar-refractivity contribution in [3.05, 3.63) is 29.3 Å². The second-order valence-corrected chi connectivity index (χ2v) is 14.3. The summed E-state index contributed by atoms with van der Waals surface area (Å²) in [6.07, 6.45) is -10.3. The lowest BCUT2D eigenvalue weighted by Crippen LogP contribution is -2.38. The molecule has 19 nitrogen and oxygen atoms in total. The first-order chi connectivity index (χ1) is 21.3. The van der Waals surface area contributed by atoms with E-state index in [1.807, 2.05) is 0 Å². The highest BCUT2D eigenvalue weighted by molar-refractivity contribution is 8.06. The lowest BCUT2D eigenvalue weighted by molar-refractivity contribution is -0.217. The van der Waals surface area contributed by atoms with E-state index in [1.165, 1.54) is 10.9 Å². The Bertz CT molecular complexity index is 1950. The van der Waals surface area contributed by atoms with Crippen molar-refractivity contribution in [2.45, 2.75) is 49.2 Å². The van der Waals surface area contributed by atoms with E-state index in [0.717, 1.165) is 17.2 Å². The summed E-state index contributed by atoms with van der Waals surface area (Å²) >= 11 is 5.01. The standard InChI is InChI=1S/C20H21BF2N10O9P2S/c21-43(35)37-1-6-13(9(23)19(39-6)33-5-29-11-16(33)30-20(25)31-17(11)34)42-44(36,45)38-2-7-12(41-43)8(22)18(40-7)32-4-28-10-14(24)26-3-27-15(10)32/h3-9,12-13,18-19H,1-2H2,(H,36,45)(H2,24,26,27)(H3,25,30,31,34)/p-1/t6-,7-,8+,9?,12?,13+,18-,19-,43?,44?/m1/s1. The molecule has 5 N–H and O–H groups in total. The number of nitrogens with one attached hydrogen (secondary N) is 1. The molecule has 3 fully saturated rings. The zero-order valence-electron chi connectivity index (χ0n) is 22.4. The second kappa shape index (κ2) is 11.1. The number of aromatic amines is 1. The minimum absolute atomic E-state index is 0.0266. The summed E-state index contributed by atoms with van der Waals surface area (Å²) in [5.74, 6) is -0.253. The number of H-pyrrole nitrogens is 1. The van der Waals surface area contributed by atoms with Crippen LogP contribution in [0.4, 0.5) is 20.5 Å². The van der Waals surface area contributed by atoms with Crippen LogP contribution in [-0.2, 0) is 43.9 Å². The molecule has 3 saturated heterocycles. The number of ether oxygens (including phenoxy) is 2. The van der Waals surface area contributed by atoms with Crippen molar-refractivity contribution in [3.8, 4) is 0 Å². The van der Waals surface area contributed by atoms with Gasteiger partial charge >= 0.3 is 0 Å². The Morgan fingerprint density at radius 3 is 2.24 bits per heavy atom. The van der Waals surface area contributed by atoms with Gasteiger partial charge in [0.25, 0.3) is 13.0 Å². The maximum atomic E-state index is 16.0. The van der Waals surface area contributed by atoms with E-state index in [9.17, 15) is 14.3 Å². The van der Waals surface area contributed by atoms with E-state index in [2.05, 4.69) is 29.9 Å². The molecule has 25 heteroatoms. The predicted octanol–water partition coefficient (Wildman–Crippen LogP) is -0.726. The normalized spacial score (nSPS) is 37.7. The maximum absolute atomic E-state index is 16.0. The maximum Gasteiger partial charge on any atom is 0.280 e. The molecule has 238 valence electrons. The number of rotatable bonds is 2. The predicted molar refractivity (Wildman–Crippen MR) is 149 cm³/mol. The fourth-order valence-electron chi connectivity index (χ4n) is 5.26. The number of nitrogen functional groups attached to an aromatic ring is 2. The summed E-state index contributed by atoms with van der Waals surface area (Å²) in [6, 6.07) is 0. The summed E-state index contributed by atoms with van der Waals surface area (Å²) in [4.78, 5) is 47.6. The van der Waals surface area contributed by atoms with E-state index in [0.29, 0.717) is 0 Å². The number of nitrogens with two attached hydrogens (primary N) is 2. The molecule has 0 aliphatic carbocycles. The Balaban J connectivity index is 1.17. The molecule has 0 saturated carbocycles. The van der Waals surface area contributed by atoms with Crippen LogP contribution in [0.5, 0.6) is 0 Å². The average Bonchev–Trinajstić information content (AvgIpc) is 3.72. The Hall–Kier alpha value is -2.98. The third-order valence-corrected chi connectivity index (χ3v) is 9.84. The van der Waals surface area contributed by atoms with Crippen LogP contribution in [-0.4, -0.2) is 96.6 Å². The first kappa shape index (κ1) is 30.7. The van der Waals surface area contributed by atoms with Gasteiger partial charge in [0.15, 0.2) is 47.4 Å². The number of imidazole rings is 2. The molecular weight excluding hydrogens is 667 g/mol. The summed E-state index contributed by atoms with van der Waals surface area (Å²) in [5, 5.41) is 0. The van der Waals surface area contributed by atoms with Crippen LogP contribution < -0.4 is 21.9 Å². The molecular formula is C20H20BF2N10O9P2S-. The van der Waals surface area contributed by atoms with Gasteiger partial charge < -0.3 is 43.9 Å². The molecule has 7 rings (SSSR count). The quantitative estimate of drug-likeness (QED) is 0.173. The second-order valence-electron chi connectivity index (χ2n) is 10.1. The minimum atomic E-state index is -4.63. The van der Waals surface area contributed by atoms with Gasteiger partial charge in [-0.15, -0.1) is 0 Å². The van der Waals surface area contributed by atoms with E-state index in [1.54, 1.807) is 0 Å². The zero-order chi connectivity index (χ0) is 31.8. The summed E-state index contributed by atoms with van der Waals surface area (Å²) < 4.78 is 80.3. The smallest absolute Gasteiger partial charge is 0.280 e. The van der Waals surface area contributed by atoms with E-state index < -0.39 is 82.2 Å². The lowest BCUT2D eigenvalue weighted by atomic mass is 10.1. The molecule has 0 aromatic carbocycles. The Morgan fingerprint density at radius 1 is 0.956 bits per heavy atom. The van der Waals surface area contributed by atoms with Crippen LogP contribution in [0.25, 0.3) is 22.3 Å². The van der Waals surface area contributed by atoms with Crippen LogP contribution in [0.2, 0.25) is 0 Å². The number of nitrogens with zero attached hydrogens (tertiary/aromatic N) is 7. The number of alkyl halides is 2. The number of aromatic nitrogens is 8. The van der Waals surface area contributed by atoms with Gasteiger partial charge in [-0.05, 0) is 0 Å². The van der Waals surface area contributed by atoms with Crippen LogP contribution in [0.3, 0.4) is 0 Å². The van der Waals surface area contributed by atoms with Crippen molar-refractivity contribution in [1.82, 2.24) is 39.0 Å². The van der Waals surface area contributed by atoms with Crippen molar-refractivity contribution < 1.29 is 45.8 Å².